The number of piperidine rings is 1. The number of aromatic nitrogens is 4. The number of piperazine rings is 2. The molecule has 0 aliphatic carbocycles. The number of carbonyl (C=O) groups excluding carboxylic acids is 3. The fraction of sp³-hybridized carbons (Fsp3) is 0.422. The number of halogens is 2. The number of rotatable bonds is 11. The summed E-state index contributed by atoms with van der Waals surface area (Å²) in [7, 11) is 0. The highest BCUT2D eigenvalue weighted by Crippen LogP contribution is 2.35. The Morgan fingerprint density at radius 1 is 0.806 bits per heavy atom. The van der Waals surface area contributed by atoms with Gasteiger partial charge in [-0.2, -0.15) is 5.10 Å². The normalized spacial score (nSPS) is 19.0. The standard InChI is InChI=1S/C45H51Cl2N11O4/c1-30(43-37(46)26-48-27-38(43)47)62-35-7-8-39-36(24-35)44(52-51-39)32-2-9-40(49-25-32)56-20-22-57(23-21-56)42(60)29-53-13-10-31(11-14-53)28-54-16-18-55(19-17-54)33-3-5-34(6-4-33)58-15-12-41(59)50-45(58)61/h2-9,24-27,30-31H,10-23,28-29H2,1H3,(H,51,52)(H,50,59,61)/t30-/m1/s1. The van der Waals surface area contributed by atoms with Crippen molar-refractivity contribution in [2.75, 3.05) is 99.8 Å². The summed E-state index contributed by atoms with van der Waals surface area (Å²) in [6, 6.07) is 17.6. The predicted molar refractivity (Wildman–Crippen MR) is 241 cm³/mol. The van der Waals surface area contributed by atoms with Gasteiger partial charge in [-0.25, -0.2) is 9.78 Å². The number of fused-ring (bicyclic) bond motifs is 1. The molecule has 4 saturated heterocycles. The highest BCUT2D eigenvalue weighted by Gasteiger charge is 2.29. The number of hydrogen-bond donors (Lipinski definition) is 2. The maximum atomic E-state index is 13.4. The van der Waals surface area contributed by atoms with Crippen LogP contribution in [0.4, 0.5) is 22.0 Å². The third kappa shape index (κ3) is 9.31. The Hall–Kier alpha value is -5.48. The molecule has 4 aliphatic rings. The van der Waals surface area contributed by atoms with E-state index >= 15 is 0 Å². The summed E-state index contributed by atoms with van der Waals surface area (Å²) in [4.78, 5) is 59.2. The number of H-pyrrole nitrogens is 1. The number of nitrogens with one attached hydrogen (secondary N) is 2. The van der Waals surface area contributed by atoms with Gasteiger partial charge in [-0.3, -0.25) is 39.7 Å². The third-order valence-electron chi connectivity index (χ3n) is 12.7. The molecule has 2 N–H and O–H groups in total. The van der Waals surface area contributed by atoms with Crippen molar-refractivity contribution in [1.82, 2.24) is 40.2 Å². The lowest BCUT2D eigenvalue weighted by Crippen LogP contribution is -2.52. The predicted octanol–water partition coefficient (Wildman–Crippen LogP) is 6.10. The number of amides is 4. The zero-order valence-electron chi connectivity index (χ0n) is 34.8. The second-order valence-electron chi connectivity index (χ2n) is 16.6. The van der Waals surface area contributed by atoms with Crippen molar-refractivity contribution in [3.8, 4) is 17.0 Å². The maximum Gasteiger partial charge on any atom is 0.328 e. The van der Waals surface area contributed by atoms with Crippen molar-refractivity contribution in [2.45, 2.75) is 32.3 Å². The molecule has 0 bridgehead atoms. The van der Waals surface area contributed by atoms with Crippen molar-refractivity contribution in [2.24, 2.45) is 5.92 Å². The first-order valence-electron chi connectivity index (χ1n) is 21.5. The molecular formula is C45H51Cl2N11O4. The number of likely N-dealkylation sites (tertiary alicyclic amines) is 1. The van der Waals surface area contributed by atoms with Crippen LogP contribution in [-0.4, -0.2) is 138 Å². The molecule has 4 amide bonds. The van der Waals surface area contributed by atoms with Crippen LogP contribution in [-0.2, 0) is 9.59 Å². The first-order chi connectivity index (χ1) is 30.1. The molecule has 0 saturated carbocycles. The number of urea groups is 1. The lowest BCUT2D eigenvalue weighted by molar-refractivity contribution is -0.133. The summed E-state index contributed by atoms with van der Waals surface area (Å²) < 4.78 is 6.25. The fourth-order valence-electron chi connectivity index (χ4n) is 9.08. The highest BCUT2D eigenvalue weighted by molar-refractivity contribution is 6.35. The average Bonchev–Trinajstić information content (AvgIpc) is 3.71. The second kappa shape index (κ2) is 18.5. The van der Waals surface area contributed by atoms with E-state index in [2.05, 4.69) is 52.2 Å². The van der Waals surface area contributed by atoms with Crippen LogP contribution in [0.15, 0.2) is 73.2 Å². The van der Waals surface area contributed by atoms with Crippen LogP contribution in [0.25, 0.3) is 22.2 Å². The molecule has 324 valence electrons. The summed E-state index contributed by atoms with van der Waals surface area (Å²) >= 11 is 12.8. The van der Waals surface area contributed by atoms with Gasteiger partial charge in [0.25, 0.3) is 0 Å². The van der Waals surface area contributed by atoms with Crippen molar-refractivity contribution < 1.29 is 19.1 Å². The van der Waals surface area contributed by atoms with Gasteiger partial charge in [-0.1, -0.05) is 23.2 Å². The number of nitrogens with zero attached hydrogens (tertiary/aromatic N) is 9. The van der Waals surface area contributed by atoms with Crippen LogP contribution in [0.2, 0.25) is 10.0 Å². The minimum absolute atomic E-state index is 0.208. The summed E-state index contributed by atoms with van der Waals surface area (Å²) in [5.41, 5.74) is 5.19. The van der Waals surface area contributed by atoms with E-state index < -0.39 is 0 Å². The van der Waals surface area contributed by atoms with Gasteiger partial charge in [0.2, 0.25) is 11.8 Å². The maximum absolute atomic E-state index is 13.4. The van der Waals surface area contributed by atoms with E-state index in [0.29, 0.717) is 59.9 Å². The van der Waals surface area contributed by atoms with E-state index in [1.807, 2.05) is 60.5 Å². The molecule has 17 heteroatoms. The van der Waals surface area contributed by atoms with Gasteiger partial charge >= 0.3 is 6.03 Å². The van der Waals surface area contributed by atoms with Crippen molar-refractivity contribution >= 4 is 69.1 Å². The quantitative estimate of drug-likeness (QED) is 0.159. The second-order valence-corrected chi connectivity index (χ2v) is 17.4. The average molecular weight is 881 g/mol. The van der Waals surface area contributed by atoms with Crippen LogP contribution in [0, 0.1) is 5.92 Å². The molecule has 0 spiro atoms. The van der Waals surface area contributed by atoms with E-state index in [4.69, 9.17) is 32.9 Å². The molecule has 1 atom stereocenters. The minimum atomic E-state index is -0.390. The summed E-state index contributed by atoms with van der Waals surface area (Å²) in [5.74, 6) is 2.17. The van der Waals surface area contributed by atoms with Gasteiger partial charge in [0.1, 0.15) is 23.4 Å². The van der Waals surface area contributed by atoms with Gasteiger partial charge in [-0.05, 0) is 93.4 Å². The first-order valence-corrected chi connectivity index (χ1v) is 22.2. The van der Waals surface area contributed by atoms with Gasteiger partial charge in [0, 0.05) is 118 Å². The number of imide groups is 1. The summed E-state index contributed by atoms with van der Waals surface area (Å²) in [5, 5.41) is 11.9. The van der Waals surface area contributed by atoms with Crippen LogP contribution in [0.3, 0.4) is 0 Å². The van der Waals surface area contributed by atoms with Crippen LogP contribution in [0.1, 0.15) is 37.9 Å². The van der Waals surface area contributed by atoms with Gasteiger partial charge in [0.15, 0.2) is 0 Å². The van der Waals surface area contributed by atoms with E-state index in [-0.39, 0.29) is 23.9 Å². The molecule has 0 unspecified atom stereocenters. The number of ether oxygens (including phenoxy) is 1. The van der Waals surface area contributed by atoms with Gasteiger partial charge in [-0.15, -0.1) is 0 Å². The number of hydrogen-bond acceptors (Lipinski definition) is 11. The fourth-order valence-corrected chi connectivity index (χ4v) is 9.76. The van der Waals surface area contributed by atoms with Crippen molar-refractivity contribution in [1.29, 1.82) is 0 Å². The molecule has 4 fully saturated rings. The molecule has 62 heavy (non-hydrogen) atoms. The topological polar surface area (TPSA) is 146 Å². The zero-order chi connectivity index (χ0) is 42.7. The minimum Gasteiger partial charge on any atom is -0.486 e. The number of aromatic amines is 1. The Bertz CT molecular complexity index is 2370. The molecular weight excluding hydrogens is 829 g/mol. The Labute approximate surface area is 370 Å². The lowest BCUT2D eigenvalue weighted by Gasteiger charge is -2.40. The molecule has 3 aromatic heterocycles. The van der Waals surface area contributed by atoms with Crippen LogP contribution >= 0.6 is 23.2 Å². The molecule has 15 nitrogen and oxygen atoms in total. The van der Waals surface area contributed by atoms with Crippen molar-refractivity contribution in [3.63, 3.8) is 0 Å². The number of anilines is 3. The van der Waals surface area contributed by atoms with Gasteiger partial charge in [0.05, 0.1) is 22.1 Å². The molecule has 0 radical (unpaired) electrons. The Morgan fingerprint density at radius 2 is 1.52 bits per heavy atom. The highest BCUT2D eigenvalue weighted by atomic mass is 35.5. The number of benzene rings is 2. The van der Waals surface area contributed by atoms with Crippen molar-refractivity contribution in [3.05, 3.63) is 88.8 Å². The van der Waals surface area contributed by atoms with E-state index in [1.165, 1.54) is 0 Å². The Balaban J connectivity index is 0.696. The molecule has 9 rings (SSSR count). The Morgan fingerprint density at radius 3 is 2.21 bits per heavy atom. The molecule has 2 aromatic carbocycles. The smallest absolute Gasteiger partial charge is 0.328 e. The van der Waals surface area contributed by atoms with Crippen LogP contribution < -0.4 is 24.8 Å². The monoisotopic (exact) mass is 879 g/mol. The summed E-state index contributed by atoms with van der Waals surface area (Å²) in [6.45, 7) is 12.6. The van der Waals surface area contributed by atoms with E-state index in [9.17, 15) is 14.4 Å². The van der Waals surface area contributed by atoms with Crippen LogP contribution in [0.5, 0.6) is 5.75 Å². The summed E-state index contributed by atoms with van der Waals surface area (Å²) in [6.07, 6.45) is 7.12. The zero-order valence-corrected chi connectivity index (χ0v) is 36.3. The van der Waals surface area contributed by atoms with Gasteiger partial charge < -0.3 is 19.4 Å². The SMILES string of the molecule is C[C@@H](Oc1ccc2[nH]nc(-c3ccc(N4CCN(C(=O)CN5CCC(CN6CCN(c7ccc(N8CCC(=O)NC8=O)cc7)CC6)CC5)CC4)nc3)c2c1)c1c(Cl)cncc1Cl. The lowest BCUT2D eigenvalue weighted by atomic mass is 9.96. The van der Waals surface area contributed by atoms with E-state index in [1.54, 1.807) is 17.3 Å². The molecule has 7 heterocycles. The third-order valence-corrected chi connectivity index (χ3v) is 13.3. The largest absolute Gasteiger partial charge is 0.486 e. The first kappa shape index (κ1) is 41.9. The molecule has 5 aromatic rings. The van der Waals surface area contributed by atoms with E-state index in [0.717, 1.165) is 111 Å². The molecule has 4 aliphatic heterocycles. The number of pyridine rings is 2. The Kier molecular flexibility index (Phi) is 12.5. The number of carbonyl (C=O) groups is 3.